The minimum atomic E-state index is -0.0614. The lowest BCUT2D eigenvalue weighted by Crippen LogP contribution is -2.43. The van der Waals surface area contributed by atoms with E-state index in [0.717, 1.165) is 11.8 Å². The number of nitrogens with zero attached hydrogens (tertiary/aromatic N) is 1. The Morgan fingerprint density at radius 2 is 2.00 bits per heavy atom. The van der Waals surface area contributed by atoms with Crippen molar-refractivity contribution in [1.82, 2.24) is 10.2 Å². The van der Waals surface area contributed by atoms with Gasteiger partial charge in [0.25, 0.3) is 0 Å². The molecule has 1 aliphatic heterocycles. The molecule has 1 saturated heterocycles. The van der Waals surface area contributed by atoms with Gasteiger partial charge in [-0.15, -0.1) is 0 Å². The molecule has 5 unspecified atom stereocenters. The number of nitrogens with one attached hydrogen (secondary N) is 1. The van der Waals surface area contributed by atoms with E-state index in [1.54, 1.807) is 0 Å². The minimum absolute atomic E-state index is 0.0614. The van der Waals surface area contributed by atoms with Crippen molar-refractivity contribution in [3.05, 3.63) is 35.4 Å². The molecule has 1 heterocycles. The van der Waals surface area contributed by atoms with E-state index in [-0.39, 0.29) is 12.2 Å². The van der Waals surface area contributed by atoms with Gasteiger partial charge in [0.05, 0.1) is 6.04 Å². The fourth-order valence-electron chi connectivity index (χ4n) is 4.78. The summed E-state index contributed by atoms with van der Waals surface area (Å²) < 4.78 is 0. The van der Waals surface area contributed by atoms with Crippen LogP contribution in [0.15, 0.2) is 24.3 Å². The highest BCUT2D eigenvalue weighted by Crippen LogP contribution is 2.49. The Balaban J connectivity index is 1.69. The van der Waals surface area contributed by atoms with Crippen LogP contribution in [-0.2, 0) is 4.79 Å². The molecule has 3 aliphatic rings. The number of aryl methyl sites for hydroxylation is 1. The first-order valence-corrected chi connectivity index (χ1v) is 8.29. The summed E-state index contributed by atoms with van der Waals surface area (Å²) in [6, 6.07) is 8.85. The Kier molecular flexibility index (Phi) is 3.07. The monoisotopic (exact) mass is 284 g/mol. The van der Waals surface area contributed by atoms with Crippen LogP contribution in [0.3, 0.4) is 0 Å². The van der Waals surface area contributed by atoms with Crippen molar-refractivity contribution < 1.29 is 4.79 Å². The van der Waals surface area contributed by atoms with Gasteiger partial charge in [0.1, 0.15) is 6.17 Å². The zero-order chi connectivity index (χ0) is 14.6. The fraction of sp³-hybridized carbons (Fsp3) is 0.611. The van der Waals surface area contributed by atoms with Gasteiger partial charge in [-0.05, 0) is 56.1 Å². The van der Waals surface area contributed by atoms with Crippen LogP contribution in [0, 0.1) is 18.8 Å². The molecular formula is C18H24N2O. The highest BCUT2D eigenvalue weighted by Gasteiger charge is 2.49. The number of fused-ring (bicyclic) bond motifs is 2. The second-order valence-corrected chi connectivity index (χ2v) is 7.14. The molecule has 21 heavy (non-hydrogen) atoms. The van der Waals surface area contributed by atoms with Gasteiger partial charge in [-0.3, -0.25) is 10.1 Å². The number of amides is 1. The fourth-order valence-corrected chi connectivity index (χ4v) is 4.78. The summed E-state index contributed by atoms with van der Waals surface area (Å²) >= 11 is 0. The van der Waals surface area contributed by atoms with Crippen LogP contribution in [0.5, 0.6) is 0 Å². The van der Waals surface area contributed by atoms with Crippen LogP contribution in [0.25, 0.3) is 0 Å². The van der Waals surface area contributed by atoms with Crippen molar-refractivity contribution in [2.24, 2.45) is 11.8 Å². The van der Waals surface area contributed by atoms with Crippen molar-refractivity contribution in [2.45, 2.75) is 57.8 Å². The van der Waals surface area contributed by atoms with Crippen molar-refractivity contribution in [1.29, 1.82) is 0 Å². The topological polar surface area (TPSA) is 32.3 Å². The number of carbonyl (C=O) groups is 1. The van der Waals surface area contributed by atoms with E-state index in [0.29, 0.717) is 11.9 Å². The molecular weight excluding hydrogens is 260 g/mol. The third-order valence-corrected chi connectivity index (χ3v) is 5.85. The van der Waals surface area contributed by atoms with Gasteiger partial charge in [0.15, 0.2) is 0 Å². The molecule has 2 bridgehead atoms. The second-order valence-electron chi connectivity index (χ2n) is 7.14. The van der Waals surface area contributed by atoms with Crippen molar-refractivity contribution in [2.75, 3.05) is 0 Å². The predicted molar refractivity (Wildman–Crippen MR) is 82.6 cm³/mol. The Morgan fingerprint density at radius 3 is 2.67 bits per heavy atom. The third kappa shape index (κ3) is 2.02. The van der Waals surface area contributed by atoms with Crippen molar-refractivity contribution in [3.63, 3.8) is 0 Å². The summed E-state index contributed by atoms with van der Waals surface area (Å²) in [6.07, 6.45) is 5.31. The lowest BCUT2D eigenvalue weighted by atomic mass is 9.93. The number of benzene rings is 1. The van der Waals surface area contributed by atoms with Gasteiger partial charge < -0.3 is 4.90 Å². The molecule has 2 aliphatic carbocycles. The molecule has 5 atom stereocenters. The zero-order valence-corrected chi connectivity index (χ0v) is 12.9. The maximum atomic E-state index is 12.7. The molecule has 1 amide bonds. The first-order chi connectivity index (χ1) is 10.1. The van der Waals surface area contributed by atoms with Gasteiger partial charge in [0, 0.05) is 6.04 Å². The summed E-state index contributed by atoms with van der Waals surface area (Å²) in [6.45, 7) is 4.14. The number of carbonyl (C=O) groups excluding carboxylic acids is 1. The van der Waals surface area contributed by atoms with E-state index in [1.165, 1.54) is 36.8 Å². The molecule has 3 nitrogen and oxygen atoms in total. The summed E-state index contributed by atoms with van der Waals surface area (Å²) in [5.41, 5.74) is 2.53. The van der Waals surface area contributed by atoms with E-state index >= 15 is 0 Å². The molecule has 1 N–H and O–H groups in total. The molecule has 112 valence electrons. The lowest BCUT2D eigenvalue weighted by molar-refractivity contribution is -0.133. The SMILES string of the molecule is Cc1ccccc1C1NC(C)C(=O)N1C1CC2CCC1C2. The van der Waals surface area contributed by atoms with E-state index in [1.807, 2.05) is 6.92 Å². The Labute approximate surface area is 126 Å². The molecule has 0 aromatic heterocycles. The first kappa shape index (κ1) is 13.3. The van der Waals surface area contributed by atoms with Crippen molar-refractivity contribution in [3.8, 4) is 0 Å². The minimum Gasteiger partial charge on any atom is -0.318 e. The summed E-state index contributed by atoms with van der Waals surface area (Å²) in [5.74, 6) is 1.89. The second kappa shape index (κ2) is 4.84. The van der Waals surface area contributed by atoms with E-state index < -0.39 is 0 Å². The quantitative estimate of drug-likeness (QED) is 0.905. The molecule has 4 rings (SSSR count). The van der Waals surface area contributed by atoms with Gasteiger partial charge in [-0.1, -0.05) is 30.7 Å². The van der Waals surface area contributed by atoms with Crippen molar-refractivity contribution >= 4 is 5.91 Å². The Bertz CT molecular complexity index is 570. The summed E-state index contributed by atoms with van der Waals surface area (Å²) in [5, 5.41) is 3.52. The van der Waals surface area contributed by atoms with Gasteiger partial charge in [-0.25, -0.2) is 0 Å². The molecule has 2 saturated carbocycles. The average Bonchev–Trinajstić information content (AvgIpc) is 3.15. The van der Waals surface area contributed by atoms with Gasteiger partial charge in [-0.2, -0.15) is 0 Å². The molecule has 0 spiro atoms. The van der Waals surface area contributed by atoms with Crippen LogP contribution >= 0.6 is 0 Å². The molecule has 3 fully saturated rings. The largest absolute Gasteiger partial charge is 0.318 e. The average molecular weight is 284 g/mol. The van der Waals surface area contributed by atoms with Gasteiger partial charge in [0.2, 0.25) is 5.91 Å². The Morgan fingerprint density at radius 1 is 1.19 bits per heavy atom. The highest BCUT2D eigenvalue weighted by molar-refractivity contribution is 5.84. The van der Waals surface area contributed by atoms with Crippen LogP contribution in [-0.4, -0.2) is 22.9 Å². The van der Waals surface area contributed by atoms with E-state index in [2.05, 4.69) is 41.4 Å². The standard InChI is InChI=1S/C18H24N2O/c1-11-5-3-4-6-15(11)17-19-12(2)18(21)20(17)16-10-13-7-8-14(16)9-13/h3-6,12-14,16-17,19H,7-10H2,1-2H3. The van der Waals surface area contributed by atoms with Crippen LogP contribution in [0.1, 0.15) is 49.9 Å². The summed E-state index contributed by atoms with van der Waals surface area (Å²) in [7, 11) is 0. The molecule has 0 radical (unpaired) electrons. The zero-order valence-electron chi connectivity index (χ0n) is 12.9. The maximum Gasteiger partial charge on any atom is 0.241 e. The third-order valence-electron chi connectivity index (χ3n) is 5.85. The van der Waals surface area contributed by atoms with Crippen LogP contribution in [0.2, 0.25) is 0 Å². The number of rotatable bonds is 2. The maximum absolute atomic E-state index is 12.7. The number of hydrogen-bond acceptors (Lipinski definition) is 2. The van der Waals surface area contributed by atoms with E-state index in [9.17, 15) is 4.79 Å². The molecule has 3 heteroatoms. The first-order valence-electron chi connectivity index (χ1n) is 8.29. The lowest BCUT2D eigenvalue weighted by Gasteiger charge is -2.36. The highest BCUT2D eigenvalue weighted by atomic mass is 16.2. The van der Waals surface area contributed by atoms with Gasteiger partial charge >= 0.3 is 0 Å². The smallest absolute Gasteiger partial charge is 0.241 e. The number of hydrogen-bond donors (Lipinski definition) is 1. The Hall–Kier alpha value is -1.35. The van der Waals surface area contributed by atoms with Crippen LogP contribution in [0.4, 0.5) is 0 Å². The van der Waals surface area contributed by atoms with Crippen LogP contribution < -0.4 is 5.32 Å². The summed E-state index contributed by atoms with van der Waals surface area (Å²) in [4.78, 5) is 14.9. The predicted octanol–water partition coefficient (Wildman–Crippen LogP) is 3.00. The van der Waals surface area contributed by atoms with E-state index in [4.69, 9.17) is 0 Å². The normalized spacial score (nSPS) is 38.5. The molecule has 1 aromatic carbocycles. The molecule has 1 aromatic rings.